The van der Waals surface area contributed by atoms with E-state index in [0.717, 1.165) is 24.4 Å². The van der Waals surface area contributed by atoms with Crippen molar-refractivity contribution in [3.05, 3.63) is 53.6 Å². The van der Waals surface area contributed by atoms with Crippen molar-refractivity contribution in [2.45, 2.75) is 19.9 Å². The largest absolute Gasteiger partial charge is 0.478 e. The van der Waals surface area contributed by atoms with Gasteiger partial charge in [0.25, 0.3) is 0 Å². The Balaban J connectivity index is 2.16. The summed E-state index contributed by atoms with van der Waals surface area (Å²) in [7, 11) is 0. The zero-order chi connectivity index (χ0) is 12.3. The van der Waals surface area contributed by atoms with E-state index in [9.17, 15) is 4.79 Å². The SMILES string of the molecule is CCn1ccnc1Cc1ccc(C(=O)O)cc1. The molecule has 0 aliphatic heterocycles. The molecular weight excluding hydrogens is 216 g/mol. The number of aromatic carboxylic acids is 1. The Morgan fingerprint density at radius 3 is 2.65 bits per heavy atom. The molecule has 4 heteroatoms. The van der Waals surface area contributed by atoms with Gasteiger partial charge in [0, 0.05) is 25.4 Å². The smallest absolute Gasteiger partial charge is 0.335 e. The number of nitrogens with zero attached hydrogens (tertiary/aromatic N) is 2. The van der Waals surface area contributed by atoms with Crippen LogP contribution in [0.5, 0.6) is 0 Å². The molecule has 0 unspecified atom stereocenters. The molecule has 2 rings (SSSR count). The van der Waals surface area contributed by atoms with Crippen molar-refractivity contribution in [1.82, 2.24) is 9.55 Å². The van der Waals surface area contributed by atoms with E-state index in [-0.39, 0.29) is 0 Å². The molecule has 0 saturated carbocycles. The van der Waals surface area contributed by atoms with Gasteiger partial charge in [0.1, 0.15) is 5.82 Å². The maximum Gasteiger partial charge on any atom is 0.335 e. The van der Waals surface area contributed by atoms with Gasteiger partial charge in [0.2, 0.25) is 0 Å². The molecule has 0 amide bonds. The Labute approximate surface area is 99.5 Å². The number of imidazole rings is 1. The van der Waals surface area contributed by atoms with Gasteiger partial charge in [-0.1, -0.05) is 12.1 Å². The number of hydrogen-bond acceptors (Lipinski definition) is 2. The van der Waals surface area contributed by atoms with Crippen LogP contribution in [-0.4, -0.2) is 20.6 Å². The normalized spacial score (nSPS) is 10.4. The minimum atomic E-state index is -0.897. The molecule has 1 heterocycles. The number of benzene rings is 1. The predicted molar refractivity (Wildman–Crippen MR) is 64.1 cm³/mol. The fourth-order valence-electron chi connectivity index (χ4n) is 1.74. The summed E-state index contributed by atoms with van der Waals surface area (Å²) in [5.41, 5.74) is 1.38. The van der Waals surface area contributed by atoms with Crippen molar-refractivity contribution in [2.24, 2.45) is 0 Å². The van der Waals surface area contributed by atoms with Gasteiger partial charge in [-0.15, -0.1) is 0 Å². The highest BCUT2D eigenvalue weighted by atomic mass is 16.4. The van der Waals surface area contributed by atoms with Crippen molar-refractivity contribution in [1.29, 1.82) is 0 Å². The van der Waals surface area contributed by atoms with Crippen LogP contribution in [0.2, 0.25) is 0 Å². The lowest BCUT2D eigenvalue weighted by Gasteiger charge is -2.05. The highest BCUT2D eigenvalue weighted by Gasteiger charge is 2.05. The average Bonchev–Trinajstić information content (AvgIpc) is 2.77. The highest BCUT2D eigenvalue weighted by molar-refractivity contribution is 5.87. The summed E-state index contributed by atoms with van der Waals surface area (Å²) in [5.74, 6) is 0.0992. The molecule has 0 fully saturated rings. The number of aromatic nitrogens is 2. The molecule has 0 saturated heterocycles. The van der Waals surface area contributed by atoms with Gasteiger partial charge in [-0.05, 0) is 24.6 Å². The van der Waals surface area contributed by atoms with Gasteiger partial charge >= 0.3 is 5.97 Å². The molecule has 1 aromatic carbocycles. The lowest BCUT2D eigenvalue weighted by atomic mass is 10.1. The third-order valence-corrected chi connectivity index (χ3v) is 2.71. The first kappa shape index (κ1) is 11.4. The third-order valence-electron chi connectivity index (χ3n) is 2.71. The molecule has 0 bridgehead atoms. The molecule has 2 aromatic rings. The van der Waals surface area contributed by atoms with E-state index in [2.05, 4.69) is 16.5 Å². The van der Waals surface area contributed by atoms with Crippen LogP contribution in [0.1, 0.15) is 28.7 Å². The maximum absolute atomic E-state index is 10.7. The molecular formula is C13H14N2O2. The zero-order valence-corrected chi connectivity index (χ0v) is 9.63. The molecule has 1 N–H and O–H groups in total. The van der Waals surface area contributed by atoms with Gasteiger partial charge in [-0.2, -0.15) is 0 Å². The fourth-order valence-corrected chi connectivity index (χ4v) is 1.74. The second-order valence-electron chi connectivity index (χ2n) is 3.81. The number of carbonyl (C=O) groups is 1. The number of rotatable bonds is 4. The van der Waals surface area contributed by atoms with Gasteiger partial charge in [0.05, 0.1) is 5.56 Å². The average molecular weight is 230 g/mol. The van der Waals surface area contributed by atoms with Crippen LogP contribution in [0.25, 0.3) is 0 Å². The van der Waals surface area contributed by atoms with Crippen molar-refractivity contribution in [3.8, 4) is 0 Å². The maximum atomic E-state index is 10.7. The summed E-state index contributed by atoms with van der Waals surface area (Å²) in [5, 5.41) is 8.80. The lowest BCUT2D eigenvalue weighted by Crippen LogP contribution is -2.02. The summed E-state index contributed by atoms with van der Waals surface area (Å²) >= 11 is 0. The predicted octanol–water partition coefficient (Wildman–Crippen LogP) is 2.19. The number of carboxylic acids is 1. The van der Waals surface area contributed by atoms with Crippen LogP contribution >= 0.6 is 0 Å². The first-order valence-corrected chi connectivity index (χ1v) is 5.53. The van der Waals surface area contributed by atoms with E-state index >= 15 is 0 Å². The van der Waals surface area contributed by atoms with E-state index in [1.807, 2.05) is 18.3 Å². The highest BCUT2D eigenvalue weighted by Crippen LogP contribution is 2.10. The molecule has 0 spiro atoms. The Morgan fingerprint density at radius 1 is 1.35 bits per heavy atom. The minimum Gasteiger partial charge on any atom is -0.478 e. The molecule has 4 nitrogen and oxygen atoms in total. The Bertz CT molecular complexity index is 514. The van der Waals surface area contributed by atoms with Crippen LogP contribution in [0.3, 0.4) is 0 Å². The minimum absolute atomic E-state index is 0.313. The van der Waals surface area contributed by atoms with Crippen molar-refractivity contribution in [3.63, 3.8) is 0 Å². The van der Waals surface area contributed by atoms with Crippen LogP contribution in [0.15, 0.2) is 36.7 Å². The van der Waals surface area contributed by atoms with Crippen LogP contribution in [0.4, 0.5) is 0 Å². The molecule has 0 aliphatic rings. The number of aryl methyl sites for hydroxylation is 1. The van der Waals surface area contributed by atoms with Crippen LogP contribution in [0, 0.1) is 0 Å². The van der Waals surface area contributed by atoms with Crippen LogP contribution in [-0.2, 0) is 13.0 Å². The van der Waals surface area contributed by atoms with E-state index in [1.54, 1.807) is 18.3 Å². The van der Waals surface area contributed by atoms with Crippen LogP contribution < -0.4 is 0 Å². The quantitative estimate of drug-likeness (QED) is 0.876. The van der Waals surface area contributed by atoms with Gasteiger partial charge in [-0.25, -0.2) is 9.78 Å². The van der Waals surface area contributed by atoms with E-state index in [4.69, 9.17) is 5.11 Å². The summed E-state index contributed by atoms with van der Waals surface area (Å²) < 4.78 is 2.07. The number of hydrogen-bond donors (Lipinski definition) is 1. The summed E-state index contributed by atoms with van der Waals surface area (Å²) in [6.45, 7) is 2.96. The van der Waals surface area contributed by atoms with Gasteiger partial charge in [0.15, 0.2) is 0 Å². The fraction of sp³-hybridized carbons (Fsp3) is 0.231. The first-order valence-electron chi connectivity index (χ1n) is 5.53. The zero-order valence-electron chi connectivity index (χ0n) is 9.63. The molecule has 88 valence electrons. The summed E-state index contributed by atoms with van der Waals surface area (Å²) in [6, 6.07) is 6.91. The number of carboxylic acid groups (broad SMARTS) is 1. The third kappa shape index (κ3) is 2.53. The summed E-state index contributed by atoms with van der Waals surface area (Å²) in [4.78, 5) is 15.0. The van der Waals surface area contributed by atoms with Gasteiger partial charge in [-0.3, -0.25) is 0 Å². The topological polar surface area (TPSA) is 55.1 Å². The van der Waals surface area contributed by atoms with E-state index in [1.165, 1.54) is 0 Å². The van der Waals surface area contributed by atoms with Crippen molar-refractivity contribution >= 4 is 5.97 Å². The lowest BCUT2D eigenvalue weighted by molar-refractivity contribution is 0.0697. The molecule has 0 atom stereocenters. The Morgan fingerprint density at radius 2 is 2.06 bits per heavy atom. The van der Waals surface area contributed by atoms with Crippen molar-refractivity contribution in [2.75, 3.05) is 0 Å². The Hall–Kier alpha value is -2.10. The first-order chi connectivity index (χ1) is 8.20. The molecule has 17 heavy (non-hydrogen) atoms. The summed E-state index contributed by atoms with van der Waals surface area (Å²) in [6.07, 6.45) is 4.45. The van der Waals surface area contributed by atoms with Gasteiger partial charge < -0.3 is 9.67 Å². The second-order valence-corrected chi connectivity index (χ2v) is 3.81. The van der Waals surface area contributed by atoms with Crippen molar-refractivity contribution < 1.29 is 9.90 Å². The standard InChI is InChI=1S/C13H14N2O2/c1-2-15-8-7-14-12(15)9-10-3-5-11(6-4-10)13(16)17/h3-8H,2,9H2,1H3,(H,16,17). The molecule has 0 radical (unpaired) electrons. The monoisotopic (exact) mass is 230 g/mol. The Kier molecular flexibility index (Phi) is 3.23. The van der Waals surface area contributed by atoms with E-state index in [0.29, 0.717) is 5.56 Å². The molecule has 1 aromatic heterocycles. The molecule has 0 aliphatic carbocycles. The second kappa shape index (κ2) is 4.82. The van der Waals surface area contributed by atoms with E-state index < -0.39 is 5.97 Å².